The smallest absolute Gasteiger partial charge is 0.335 e. The number of carboxylic acids is 1. The summed E-state index contributed by atoms with van der Waals surface area (Å²) in [5, 5.41) is 12.5. The largest absolute Gasteiger partial charge is 0.496 e. The second-order valence-corrected chi connectivity index (χ2v) is 8.35. The first-order chi connectivity index (χ1) is 15.9. The molecule has 1 amide bonds. The lowest BCUT2D eigenvalue weighted by molar-refractivity contribution is -0.118. The molecule has 2 aliphatic rings. The van der Waals surface area contributed by atoms with Crippen LogP contribution in [0, 0.1) is 6.92 Å². The Morgan fingerprint density at radius 2 is 1.79 bits per heavy atom. The van der Waals surface area contributed by atoms with Crippen molar-refractivity contribution in [1.82, 2.24) is 0 Å². The van der Waals surface area contributed by atoms with E-state index in [0.29, 0.717) is 28.5 Å². The molecule has 1 saturated carbocycles. The molecule has 7 heteroatoms. The summed E-state index contributed by atoms with van der Waals surface area (Å²) in [6.07, 6.45) is 1.51. The highest BCUT2D eigenvalue weighted by molar-refractivity contribution is 6.02. The van der Waals surface area contributed by atoms with Crippen molar-refractivity contribution in [2.75, 3.05) is 19.2 Å². The number of methoxy groups -OCH3 is 1. The Morgan fingerprint density at radius 1 is 1.00 bits per heavy atom. The van der Waals surface area contributed by atoms with Gasteiger partial charge in [-0.3, -0.25) is 4.79 Å². The molecular formula is C26H27NO6. The number of hydrogen-bond donors (Lipinski definition) is 2. The second-order valence-electron chi connectivity index (χ2n) is 8.35. The van der Waals surface area contributed by atoms with Crippen molar-refractivity contribution in [3.63, 3.8) is 0 Å². The van der Waals surface area contributed by atoms with Gasteiger partial charge in [0.05, 0.1) is 18.1 Å². The molecule has 0 spiro atoms. The molecule has 7 nitrogen and oxygen atoms in total. The molecule has 2 N–H and O–H groups in total. The fourth-order valence-electron chi connectivity index (χ4n) is 4.26. The maximum Gasteiger partial charge on any atom is 0.335 e. The van der Waals surface area contributed by atoms with E-state index in [0.717, 1.165) is 29.5 Å². The number of aryl methyl sites for hydroxylation is 1. The lowest BCUT2D eigenvalue weighted by atomic mass is 9.94. The van der Waals surface area contributed by atoms with Crippen molar-refractivity contribution < 1.29 is 31.8 Å². The second kappa shape index (κ2) is 7.85. The Balaban J connectivity index is 0.00000171. The van der Waals surface area contributed by atoms with Gasteiger partial charge in [-0.2, -0.15) is 0 Å². The Bertz CT molecular complexity index is 1290. The molecule has 3 aromatic rings. The van der Waals surface area contributed by atoms with Crippen molar-refractivity contribution in [2.24, 2.45) is 0 Å². The van der Waals surface area contributed by atoms with Crippen LogP contribution in [0.15, 0.2) is 54.6 Å². The van der Waals surface area contributed by atoms with E-state index in [1.807, 2.05) is 43.3 Å². The van der Waals surface area contributed by atoms with Gasteiger partial charge in [0, 0.05) is 14.1 Å². The quantitative estimate of drug-likeness (QED) is 0.533. The molecule has 1 aliphatic carbocycles. The Labute approximate surface area is 193 Å². The monoisotopic (exact) mass is 449 g/mol. The molecule has 33 heavy (non-hydrogen) atoms. The number of anilines is 1. The first-order valence-electron chi connectivity index (χ1n) is 10.7. The maximum absolute atomic E-state index is 13.3. The highest BCUT2D eigenvalue weighted by Crippen LogP contribution is 2.51. The molecule has 0 unspecified atom stereocenters. The summed E-state index contributed by atoms with van der Waals surface area (Å²) in [4.78, 5) is 24.8. The zero-order valence-corrected chi connectivity index (χ0v) is 18.3. The molecule has 1 fully saturated rings. The number of nitrogens with one attached hydrogen (secondary N) is 1. The van der Waals surface area contributed by atoms with E-state index in [-0.39, 0.29) is 21.1 Å². The van der Waals surface area contributed by atoms with Gasteiger partial charge in [-0.15, -0.1) is 0 Å². The third-order valence-corrected chi connectivity index (χ3v) is 6.34. The van der Waals surface area contributed by atoms with Crippen LogP contribution >= 0.6 is 0 Å². The van der Waals surface area contributed by atoms with Crippen LogP contribution in [-0.4, -0.2) is 30.9 Å². The number of fused-ring (bicyclic) bond motifs is 1. The standard InChI is InChI=1S/C26H23NO6.2H2/c1-15-3-6-18(13-19(15)20-11-16(24(28)29)4-7-21(20)31-2)27-25(30)26(9-10-26)17-5-8-22-23(12-17)33-14-32-22;;/h3-8,11-13H,9-10,14H2,1-2H3,(H,27,30)(H,28,29);2*1H. The van der Waals surface area contributed by atoms with E-state index < -0.39 is 11.4 Å². The van der Waals surface area contributed by atoms with Crippen LogP contribution in [0.25, 0.3) is 11.1 Å². The molecule has 1 aliphatic heterocycles. The molecule has 172 valence electrons. The normalized spacial score (nSPS) is 15.1. The van der Waals surface area contributed by atoms with Gasteiger partial charge < -0.3 is 24.6 Å². The van der Waals surface area contributed by atoms with E-state index in [9.17, 15) is 14.7 Å². The van der Waals surface area contributed by atoms with Gasteiger partial charge in [0.2, 0.25) is 12.7 Å². The Morgan fingerprint density at radius 3 is 2.52 bits per heavy atom. The van der Waals surface area contributed by atoms with Gasteiger partial charge in [-0.25, -0.2) is 4.79 Å². The third-order valence-electron chi connectivity index (χ3n) is 6.34. The van der Waals surface area contributed by atoms with E-state index in [4.69, 9.17) is 14.2 Å². The van der Waals surface area contributed by atoms with Gasteiger partial charge in [0.25, 0.3) is 0 Å². The summed E-state index contributed by atoms with van der Waals surface area (Å²) in [5.74, 6) is 0.818. The van der Waals surface area contributed by atoms with Crippen molar-refractivity contribution in [2.45, 2.75) is 25.2 Å². The van der Waals surface area contributed by atoms with Crippen LogP contribution in [0.5, 0.6) is 17.2 Å². The summed E-state index contributed by atoms with van der Waals surface area (Å²) in [6, 6.07) is 16.0. The molecular weight excluding hydrogens is 422 g/mol. The van der Waals surface area contributed by atoms with Crippen molar-refractivity contribution >= 4 is 17.6 Å². The molecule has 1 heterocycles. The summed E-state index contributed by atoms with van der Waals surface area (Å²) < 4.78 is 16.3. The van der Waals surface area contributed by atoms with Gasteiger partial charge in [0.1, 0.15) is 5.75 Å². The van der Waals surface area contributed by atoms with Gasteiger partial charge in [0.15, 0.2) is 11.5 Å². The first-order valence-corrected chi connectivity index (χ1v) is 10.7. The maximum atomic E-state index is 13.3. The lowest BCUT2D eigenvalue weighted by Crippen LogP contribution is -2.27. The lowest BCUT2D eigenvalue weighted by Gasteiger charge is -2.18. The van der Waals surface area contributed by atoms with E-state index in [1.54, 1.807) is 19.2 Å². The molecule has 5 rings (SSSR count). The van der Waals surface area contributed by atoms with E-state index >= 15 is 0 Å². The summed E-state index contributed by atoms with van der Waals surface area (Å²) >= 11 is 0. The topological polar surface area (TPSA) is 94.1 Å². The Kier molecular flexibility index (Phi) is 4.96. The van der Waals surface area contributed by atoms with Crippen LogP contribution in [0.2, 0.25) is 0 Å². The number of ether oxygens (including phenoxy) is 3. The van der Waals surface area contributed by atoms with E-state index in [2.05, 4.69) is 5.32 Å². The number of carbonyl (C=O) groups excluding carboxylic acids is 1. The fraction of sp³-hybridized carbons (Fsp3) is 0.231. The van der Waals surface area contributed by atoms with Crippen molar-refractivity contribution in [1.29, 1.82) is 0 Å². The average Bonchev–Trinajstić information content (AvgIpc) is 3.50. The van der Waals surface area contributed by atoms with Crippen LogP contribution in [-0.2, 0) is 10.2 Å². The van der Waals surface area contributed by atoms with Crippen LogP contribution in [0.1, 0.15) is 37.2 Å². The summed E-state index contributed by atoms with van der Waals surface area (Å²) in [5.41, 5.74) is 3.50. The zero-order chi connectivity index (χ0) is 23.2. The molecule has 0 aromatic heterocycles. The number of aromatic carboxylic acids is 1. The van der Waals surface area contributed by atoms with Gasteiger partial charge in [-0.05, 0) is 78.9 Å². The highest BCUT2D eigenvalue weighted by Gasteiger charge is 2.51. The summed E-state index contributed by atoms with van der Waals surface area (Å²) in [6.45, 7) is 2.12. The predicted molar refractivity (Wildman–Crippen MR) is 126 cm³/mol. The predicted octanol–water partition coefficient (Wildman–Crippen LogP) is 5.26. The minimum atomic E-state index is -1.01. The van der Waals surface area contributed by atoms with Crippen molar-refractivity contribution in [3.8, 4) is 28.4 Å². The number of rotatable bonds is 6. The van der Waals surface area contributed by atoms with Crippen LogP contribution < -0.4 is 19.5 Å². The average molecular weight is 450 g/mol. The summed E-state index contributed by atoms with van der Waals surface area (Å²) in [7, 11) is 1.54. The molecule has 0 saturated heterocycles. The van der Waals surface area contributed by atoms with E-state index in [1.165, 1.54) is 6.07 Å². The fourth-order valence-corrected chi connectivity index (χ4v) is 4.26. The number of benzene rings is 3. The molecule has 0 bridgehead atoms. The number of carbonyl (C=O) groups is 2. The zero-order valence-electron chi connectivity index (χ0n) is 18.3. The number of carboxylic acid groups (broad SMARTS) is 1. The first kappa shape index (κ1) is 20.9. The molecule has 0 atom stereocenters. The van der Waals surface area contributed by atoms with Crippen molar-refractivity contribution in [3.05, 3.63) is 71.3 Å². The SMILES string of the molecule is COc1ccc(C(=O)O)cc1-c1cc(NC(=O)C2(c3ccc4c(c3)OCO4)CC2)ccc1C.[HH].[HH]. The van der Waals surface area contributed by atoms with Crippen LogP contribution in [0.4, 0.5) is 5.69 Å². The molecule has 3 aromatic carbocycles. The van der Waals surface area contributed by atoms with Gasteiger partial charge >= 0.3 is 5.97 Å². The third kappa shape index (κ3) is 3.65. The minimum Gasteiger partial charge on any atom is -0.496 e. The Hall–Kier alpha value is -4.00. The highest BCUT2D eigenvalue weighted by atomic mass is 16.7. The minimum absolute atomic E-state index is 0. The van der Waals surface area contributed by atoms with Crippen LogP contribution in [0.3, 0.4) is 0 Å². The number of hydrogen-bond acceptors (Lipinski definition) is 5. The van der Waals surface area contributed by atoms with Gasteiger partial charge in [-0.1, -0.05) is 12.1 Å². The number of amides is 1. The molecule has 0 radical (unpaired) electrons.